The van der Waals surface area contributed by atoms with Gasteiger partial charge in [0.2, 0.25) is 0 Å². The fourth-order valence-electron chi connectivity index (χ4n) is 1.38. The lowest BCUT2D eigenvalue weighted by Crippen LogP contribution is -2.14. The van der Waals surface area contributed by atoms with Crippen LogP contribution in [-0.2, 0) is 0 Å². The average Bonchev–Trinajstić information content (AvgIpc) is 2.70. The maximum absolute atomic E-state index is 5.98. The largest absolute Gasteiger partial charge is 0.318 e. The molecule has 0 aliphatic heterocycles. The van der Waals surface area contributed by atoms with Gasteiger partial charge in [-0.25, -0.2) is 0 Å². The van der Waals surface area contributed by atoms with Crippen molar-refractivity contribution in [2.75, 3.05) is 0 Å². The van der Waals surface area contributed by atoms with E-state index in [0.29, 0.717) is 5.82 Å². The molecule has 1 aromatic carbocycles. The first kappa shape index (κ1) is 8.83. The van der Waals surface area contributed by atoms with Gasteiger partial charge in [0.1, 0.15) is 0 Å². The standard InChI is InChI=1S/C9H11N5/c1-6-4-2-3-5-7(6)8(10)9-11-13-14-12-9/h2-5,8H,10H2,1H3,(H,11,12,13,14). The van der Waals surface area contributed by atoms with Crippen molar-refractivity contribution < 1.29 is 0 Å². The number of tetrazole rings is 1. The van der Waals surface area contributed by atoms with E-state index in [1.165, 1.54) is 0 Å². The molecule has 1 aromatic heterocycles. The van der Waals surface area contributed by atoms with E-state index in [-0.39, 0.29) is 6.04 Å². The summed E-state index contributed by atoms with van der Waals surface area (Å²) in [5.74, 6) is 0.513. The van der Waals surface area contributed by atoms with Gasteiger partial charge in [-0.3, -0.25) is 0 Å². The van der Waals surface area contributed by atoms with Crippen molar-refractivity contribution in [3.8, 4) is 0 Å². The number of hydrogen-bond donors (Lipinski definition) is 2. The fourth-order valence-corrected chi connectivity index (χ4v) is 1.38. The fraction of sp³-hybridized carbons (Fsp3) is 0.222. The van der Waals surface area contributed by atoms with E-state index in [2.05, 4.69) is 20.6 Å². The highest BCUT2D eigenvalue weighted by Gasteiger charge is 2.14. The number of aryl methyl sites for hydroxylation is 1. The molecule has 14 heavy (non-hydrogen) atoms. The molecule has 0 bridgehead atoms. The molecule has 5 heteroatoms. The lowest BCUT2D eigenvalue weighted by Gasteiger charge is -2.09. The van der Waals surface area contributed by atoms with E-state index in [1.54, 1.807) is 0 Å². The molecule has 0 spiro atoms. The van der Waals surface area contributed by atoms with Crippen LogP contribution in [0.4, 0.5) is 0 Å². The van der Waals surface area contributed by atoms with Crippen molar-refractivity contribution in [2.24, 2.45) is 5.73 Å². The third-order valence-corrected chi connectivity index (χ3v) is 2.16. The summed E-state index contributed by atoms with van der Waals surface area (Å²) >= 11 is 0. The molecule has 0 fully saturated rings. The third-order valence-electron chi connectivity index (χ3n) is 2.16. The number of nitrogens with two attached hydrogens (primary N) is 1. The Labute approximate surface area is 81.3 Å². The molecule has 2 rings (SSSR count). The summed E-state index contributed by atoms with van der Waals surface area (Å²) in [6.07, 6.45) is 0. The molecule has 3 N–H and O–H groups in total. The molecule has 0 saturated carbocycles. The minimum absolute atomic E-state index is 0.310. The molecule has 1 unspecified atom stereocenters. The summed E-state index contributed by atoms with van der Waals surface area (Å²) < 4.78 is 0. The molecule has 0 saturated heterocycles. The Bertz CT molecular complexity index is 409. The van der Waals surface area contributed by atoms with Gasteiger partial charge in [-0.05, 0) is 18.1 Å². The van der Waals surface area contributed by atoms with Crippen LogP contribution in [0.2, 0.25) is 0 Å². The number of nitrogens with zero attached hydrogens (tertiary/aromatic N) is 3. The second kappa shape index (κ2) is 3.55. The number of rotatable bonds is 2. The van der Waals surface area contributed by atoms with Crippen LogP contribution >= 0.6 is 0 Å². The molecule has 2 aromatic rings. The second-order valence-corrected chi connectivity index (χ2v) is 3.10. The summed E-state index contributed by atoms with van der Waals surface area (Å²) in [5.41, 5.74) is 8.13. The molecular formula is C9H11N5. The minimum Gasteiger partial charge on any atom is -0.318 e. The predicted molar refractivity (Wildman–Crippen MR) is 51.4 cm³/mol. The van der Waals surface area contributed by atoms with E-state index in [9.17, 15) is 0 Å². The second-order valence-electron chi connectivity index (χ2n) is 3.10. The van der Waals surface area contributed by atoms with Crippen LogP contribution in [0.3, 0.4) is 0 Å². The van der Waals surface area contributed by atoms with Crippen LogP contribution in [0.5, 0.6) is 0 Å². The topological polar surface area (TPSA) is 80.5 Å². The van der Waals surface area contributed by atoms with Crippen molar-refractivity contribution in [3.05, 3.63) is 41.2 Å². The first-order valence-electron chi connectivity index (χ1n) is 4.33. The van der Waals surface area contributed by atoms with Gasteiger partial charge in [-0.1, -0.05) is 29.5 Å². The van der Waals surface area contributed by atoms with Crippen LogP contribution in [-0.4, -0.2) is 20.6 Å². The van der Waals surface area contributed by atoms with Crippen LogP contribution in [0.1, 0.15) is 23.0 Å². The molecule has 5 nitrogen and oxygen atoms in total. The highest BCUT2D eigenvalue weighted by Crippen LogP contribution is 2.18. The lowest BCUT2D eigenvalue weighted by molar-refractivity contribution is 0.779. The van der Waals surface area contributed by atoms with Gasteiger partial charge in [-0.15, -0.1) is 10.2 Å². The van der Waals surface area contributed by atoms with E-state index in [1.807, 2.05) is 31.2 Å². The lowest BCUT2D eigenvalue weighted by atomic mass is 10.0. The number of aromatic amines is 1. The molecule has 0 amide bonds. The summed E-state index contributed by atoms with van der Waals surface area (Å²) in [6, 6.07) is 7.59. The van der Waals surface area contributed by atoms with Gasteiger partial charge < -0.3 is 5.73 Å². The molecule has 0 aliphatic rings. The normalized spacial score (nSPS) is 12.7. The maximum atomic E-state index is 5.98. The Morgan fingerprint density at radius 1 is 1.36 bits per heavy atom. The summed E-state index contributed by atoms with van der Waals surface area (Å²) in [6.45, 7) is 2.01. The van der Waals surface area contributed by atoms with Crippen molar-refractivity contribution in [3.63, 3.8) is 0 Å². The van der Waals surface area contributed by atoms with Gasteiger partial charge in [0, 0.05) is 0 Å². The highest BCUT2D eigenvalue weighted by atomic mass is 15.5. The van der Waals surface area contributed by atoms with Gasteiger partial charge in [0.25, 0.3) is 0 Å². The quantitative estimate of drug-likeness (QED) is 0.723. The Hall–Kier alpha value is -1.75. The maximum Gasteiger partial charge on any atom is 0.195 e. The smallest absolute Gasteiger partial charge is 0.195 e. The van der Waals surface area contributed by atoms with E-state index in [4.69, 9.17) is 5.73 Å². The first-order valence-corrected chi connectivity index (χ1v) is 4.33. The Morgan fingerprint density at radius 2 is 2.14 bits per heavy atom. The van der Waals surface area contributed by atoms with Crippen LogP contribution in [0.15, 0.2) is 24.3 Å². The number of H-pyrrole nitrogens is 1. The molecular weight excluding hydrogens is 178 g/mol. The van der Waals surface area contributed by atoms with Gasteiger partial charge in [0.15, 0.2) is 5.82 Å². The number of benzene rings is 1. The summed E-state index contributed by atoms with van der Waals surface area (Å²) in [5, 5.41) is 13.6. The molecule has 1 atom stereocenters. The molecule has 72 valence electrons. The van der Waals surface area contributed by atoms with Crippen molar-refractivity contribution in [1.82, 2.24) is 20.6 Å². The van der Waals surface area contributed by atoms with Crippen molar-refractivity contribution in [1.29, 1.82) is 0 Å². The number of aromatic nitrogens is 4. The molecule has 0 aliphatic carbocycles. The zero-order valence-electron chi connectivity index (χ0n) is 7.81. The predicted octanol–water partition coefficient (Wildman–Crippen LogP) is 0.556. The third kappa shape index (κ3) is 1.49. The van der Waals surface area contributed by atoms with Crippen molar-refractivity contribution >= 4 is 0 Å². The molecule has 1 heterocycles. The van der Waals surface area contributed by atoms with Gasteiger partial charge in [-0.2, -0.15) is 5.21 Å². The average molecular weight is 189 g/mol. The minimum atomic E-state index is -0.310. The zero-order valence-corrected chi connectivity index (χ0v) is 7.81. The van der Waals surface area contributed by atoms with E-state index >= 15 is 0 Å². The van der Waals surface area contributed by atoms with Gasteiger partial charge >= 0.3 is 0 Å². The van der Waals surface area contributed by atoms with E-state index in [0.717, 1.165) is 11.1 Å². The highest BCUT2D eigenvalue weighted by molar-refractivity contribution is 5.31. The number of nitrogens with one attached hydrogen (secondary N) is 1. The number of hydrogen-bond acceptors (Lipinski definition) is 4. The van der Waals surface area contributed by atoms with E-state index < -0.39 is 0 Å². The van der Waals surface area contributed by atoms with Crippen molar-refractivity contribution in [2.45, 2.75) is 13.0 Å². The molecule has 0 radical (unpaired) electrons. The Morgan fingerprint density at radius 3 is 2.79 bits per heavy atom. The van der Waals surface area contributed by atoms with Crippen LogP contribution in [0.25, 0.3) is 0 Å². The zero-order chi connectivity index (χ0) is 9.97. The Kier molecular flexibility index (Phi) is 2.24. The summed E-state index contributed by atoms with van der Waals surface area (Å²) in [7, 11) is 0. The van der Waals surface area contributed by atoms with Crippen LogP contribution < -0.4 is 5.73 Å². The first-order chi connectivity index (χ1) is 6.79. The Balaban J connectivity index is 2.37. The monoisotopic (exact) mass is 189 g/mol. The van der Waals surface area contributed by atoms with Crippen LogP contribution in [0, 0.1) is 6.92 Å². The summed E-state index contributed by atoms with van der Waals surface area (Å²) in [4.78, 5) is 0. The van der Waals surface area contributed by atoms with Gasteiger partial charge in [0.05, 0.1) is 6.04 Å². The SMILES string of the molecule is Cc1ccccc1C(N)c1nn[nH]n1.